The molecule has 1 N–H and O–H groups in total. The Hall–Kier alpha value is -1.71. The summed E-state index contributed by atoms with van der Waals surface area (Å²) in [6.45, 7) is 2.67. The van der Waals surface area contributed by atoms with E-state index in [1.165, 1.54) is 7.11 Å². The lowest BCUT2D eigenvalue weighted by Gasteiger charge is -2.27. The van der Waals surface area contributed by atoms with Gasteiger partial charge in [-0.05, 0) is 18.6 Å². The van der Waals surface area contributed by atoms with Crippen LogP contribution in [0, 0.1) is 0 Å². The summed E-state index contributed by atoms with van der Waals surface area (Å²) in [5.74, 6) is 0.229. The Morgan fingerprint density at radius 2 is 2.44 bits per heavy atom. The van der Waals surface area contributed by atoms with Gasteiger partial charge < -0.3 is 14.8 Å². The molecule has 4 nitrogen and oxygen atoms in total. The highest BCUT2D eigenvalue weighted by Crippen LogP contribution is 2.33. The maximum atomic E-state index is 11.5. The fraction of sp³-hybridized carbons (Fsp3) is 0.417. The van der Waals surface area contributed by atoms with Gasteiger partial charge in [-0.1, -0.05) is 13.0 Å². The van der Waals surface area contributed by atoms with Crippen LogP contribution in [0.15, 0.2) is 18.2 Å². The van der Waals surface area contributed by atoms with Crippen LogP contribution in [0.4, 0.5) is 5.69 Å². The molecule has 0 radical (unpaired) electrons. The molecule has 2 rings (SSSR count). The molecule has 1 aliphatic rings. The third-order valence-corrected chi connectivity index (χ3v) is 2.70. The zero-order chi connectivity index (χ0) is 11.5. The lowest BCUT2D eigenvalue weighted by atomic mass is 10.1. The van der Waals surface area contributed by atoms with E-state index in [4.69, 9.17) is 9.47 Å². The molecule has 4 heteroatoms. The number of benzene rings is 1. The predicted octanol–water partition coefficient (Wildman–Crippen LogP) is 2.06. The third-order valence-electron chi connectivity index (χ3n) is 2.70. The van der Waals surface area contributed by atoms with Gasteiger partial charge in [-0.2, -0.15) is 0 Å². The summed E-state index contributed by atoms with van der Waals surface area (Å²) in [5, 5.41) is 3.33. The zero-order valence-corrected chi connectivity index (χ0v) is 9.45. The first-order valence-corrected chi connectivity index (χ1v) is 5.37. The second kappa shape index (κ2) is 4.43. The molecule has 0 fully saturated rings. The van der Waals surface area contributed by atoms with Crippen molar-refractivity contribution in [3.63, 3.8) is 0 Å². The van der Waals surface area contributed by atoms with Crippen molar-refractivity contribution >= 4 is 11.7 Å². The SMILES string of the molecule is CCC1COc2c(cccc2C(=O)OC)N1. The van der Waals surface area contributed by atoms with E-state index < -0.39 is 0 Å². The first-order valence-electron chi connectivity index (χ1n) is 5.37. The minimum atomic E-state index is -0.367. The van der Waals surface area contributed by atoms with Gasteiger partial charge in [0.15, 0.2) is 5.75 Å². The van der Waals surface area contributed by atoms with Crippen LogP contribution >= 0.6 is 0 Å². The molecule has 0 aliphatic carbocycles. The monoisotopic (exact) mass is 221 g/mol. The normalized spacial score (nSPS) is 18.0. The summed E-state index contributed by atoms with van der Waals surface area (Å²) in [7, 11) is 1.37. The van der Waals surface area contributed by atoms with Crippen LogP contribution in [0.5, 0.6) is 5.75 Å². The Balaban J connectivity index is 2.35. The van der Waals surface area contributed by atoms with Crippen LogP contribution in [0.3, 0.4) is 0 Å². The number of carbonyl (C=O) groups excluding carboxylic acids is 1. The van der Waals surface area contributed by atoms with Gasteiger partial charge in [0.05, 0.1) is 18.8 Å². The topological polar surface area (TPSA) is 47.6 Å². The Morgan fingerprint density at radius 3 is 3.12 bits per heavy atom. The van der Waals surface area contributed by atoms with Crippen LogP contribution in [0.2, 0.25) is 0 Å². The number of hydrogen-bond acceptors (Lipinski definition) is 4. The van der Waals surface area contributed by atoms with E-state index in [1.807, 2.05) is 12.1 Å². The predicted molar refractivity (Wildman–Crippen MR) is 61.0 cm³/mol. The third kappa shape index (κ3) is 1.83. The molecule has 1 heterocycles. The number of esters is 1. The highest BCUT2D eigenvalue weighted by Gasteiger charge is 2.23. The van der Waals surface area contributed by atoms with Crippen molar-refractivity contribution < 1.29 is 14.3 Å². The smallest absolute Gasteiger partial charge is 0.341 e. The second-order valence-corrected chi connectivity index (χ2v) is 3.73. The number of ether oxygens (including phenoxy) is 2. The van der Waals surface area contributed by atoms with Gasteiger partial charge in [-0.25, -0.2) is 4.79 Å². The molecular formula is C12H15NO3. The quantitative estimate of drug-likeness (QED) is 0.776. The van der Waals surface area contributed by atoms with Crippen LogP contribution < -0.4 is 10.1 Å². The lowest BCUT2D eigenvalue weighted by molar-refractivity contribution is 0.0595. The number of fused-ring (bicyclic) bond motifs is 1. The molecule has 1 unspecified atom stereocenters. The van der Waals surface area contributed by atoms with Crippen molar-refractivity contribution in [1.82, 2.24) is 0 Å². The maximum Gasteiger partial charge on any atom is 0.341 e. The number of carbonyl (C=O) groups is 1. The molecule has 1 aromatic rings. The number of anilines is 1. The van der Waals surface area contributed by atoms with Crippen LogP contribution in [-0.4, -0.2) is 25.7 Å². The van der Waals surface area contributed by atoms with Crippen LogP contribution in [0.25, 0.3) is 0 Å². The van der Waals surface area contributed by atoms with E-state index in [0.717, 1.165) is 12.1 Å². The second-order valence-electron chi connectivity index (χ2n) is 3.73. The lowest BCUT2D eigenvalue weighted by Crippen LogP contribution is -2.31. The Bertz CT molecular complexity index is 403. The highest BCUT2D eigenvalue weighted by atomic mass is 16.5. The average molecular weight is 221 g/mol. The summed E-state index contributed by atoms with van der Waals surface area (Å²) >= 11 is 0. The van der Waals surface area contributed by atoms with Gasteiger partial charge in [-0.15, -0.1) is 0 Å². The van der Waals surface area contributed by atoms with Gasteiger partial charge in [0, 0.05) is 0 Å². The summed E-state index contributed by atoms with van der Waals surface area (Å²) < 4.78 is 10.3. The summed E-state index contributed by atoms with van der Waals surface area (Å²) in [5.41, 5.74) is 1.34. The van der Waals surface area contributed by atoms with Crippen molar-refractivity contribution in [1.29, 1.82) is 0 Å². The summed E-state index contributed by atoms with van der Waals surface area (Å²) in [6.07, 6.45) is 0.988. The summed E-state index contributed by atoms with van der Waals surface area (Å²) in [6, 6.07) is 5.74. The van der Waals surface area contributed by atoms with Crippen molar-refractivity contribution in [3.05, 3.63) is 23.8 Å². The van der Waals surface area contributed by atoms with E-state index >= 15 is 0 Å². The van der Waals surface area contributed by atoms with E-state index in [2.05, 4.69) is 12.2 Å². The molecule has 16 heavy (non-hydrogen) atoms. The largest absolute Gasteiger partial charge is 0.488 e. The maximum absolute atomic E-state index is 11.5. The number of rotatable bonds is 2. The van der Waals surface area contributed by atoms with Crippen molar-refractivity contribution in [2.45, 2.75) is 19.4 Å². The first kappa shape index (κ1) is 10.8. The standard InChI is InChI=1S/C12H15NO3/c1-3-8-7-16-11-9(12(14)15-2)5-4-6-10(11)13-8/h4-6,8,13H,3,7H2,1-2H3. The van der Waals surface area contributed by atoms with E-state index in [9.17, 15) is 4.79 Å². The molecule has 0 saturated carbocycles. The minimum absolute atomic E-state index is 0.306. The molecule has 0 amide bonds. The number of hydrogen-bond donors (Lipinski definition) is 1. The van der Waals surface area contributed by atoms with Crippen LogP contribution in [-0.2, 0) is 4.74 Å². The molecule has 1 aliphatic heterocycles. The van der Waals surface area contributed by atoms with Crippen molar-refractivity contribution in [2.24, 2.45) is 0 Å². The van der Waals surface area contributed by atoms with Gasteiger partial charge >= 0.3 is 5.97 Å². The number of nitrogens with one attached hydrogen (secondary N) is 1. The Morgan fingerprint density at radius 1 is 1.62 bits per heavy atom. The summed E-state index contributed by atoms with van der Waals surface area (Å²) in [4.78, 5) is 11.5. The van der Waals surface area contributed by atoms with Gasteiger partial charge in [0.2, 0.25) is 0 Å². The molecule has 1 atom stereocenters. The molecule has 86 valence electrons. The zero-order valence-electron chi connectivity index (χ0n) is 9.45. The molecule has 0 bridgehead atoms. The average Bonchev–Trinajstić information content (AvgIpc) is 2.36. The molecule has 0 saturated heterocycles. The molecule has 0 spiro atoms. The van der Waals surface area contributed by atoms with E-state index in [1.54, 1.807) is 6.07 Å². The van der Waals surface area contributed by atoms with E-state index in [-0.39, 0.29) is 5.97 Å². The van der Waals surface area contributed by atoms with E-state index in [0.29, 0.717) is 24.0 Å². The molecule has 1 aromatic carbocycles. The van der Waals surface area contributed by atoms with Gasteiger partial charge in [0.1, 0.15) is 12.2 Å². The highest BCUT2D eigenvalue weighted by molar-refractivity contribution is 5.95. The number of methoxy groups -OCH3 is 1. The van der Waals surface area contributed by atoms with Gasteiger partial charge in [0.25, 0.3) is 0 Å². The van der Waals surface area contributed by atoms with Crippen molar-refractivity contribution in [2.75, 3.05) is 19.0 Å². The molecular weight excluding hydrogens is 206 g/mol. The van der Waals surface area contributed by atoms with Gasteiger partial charge in [-0.3, -0.25) is 0 Å². The fourth-order valence-electron chi connectivity index (χ4n) is 1.74. The van der Waals surface area contributed by atoms with Crippen molar-refractivity contribution in [3.8, 4) is 5.75 Å². The Kier molecular flexibility index (Phi) is 2.99. The molecule has 0 aromatic heterocycles. The first-order chi connectivity index (χ1) is 7.76. The minimum Gasteiger partial charge on any atom is -0.488 e. The van der Waals surface area contributed by atoms with Crippen LogP contribution in [0.1, 0.15) is 23.7 Å². The fourth-order valence-corrected chi connectivity index (χ4v) is 1.74. The number of para-hydroxylation sites is 1. The Labute approximate surface area is 94.6 Å².